The highest BCUT2D eigenvalue weighted by Gasteiger charge is 2.16. The van der Waals surface area contributed by atoms with Crippen LogP contribution in [0, 0.1) is 0 Å². The molecule has 1 aromatic carbocycles. The van der Waals surface area contributed by atoms with Crippen LogP contribution in [0.15, 0.2) is 24.3 Å². The minimum atomic E-state index is -0.137. The molecule has 1 aromatic rings. The van der Waals surface area contributed by atoms with Crippen LogP contribution in [0.4, 0.5) is 0 Å². The van der Waals surface area contributed by atoms with Crippen LogP contribution in [0.5, 0.6) is 5.75 Å². The summed E-state index contributed by atoms with van der Waals surface area (Å²) < 4.78 is 5.16. The highest BCUT2D eigenvalue weighted by Crippen LogP contribution is 2.12. The van der Waals surface area contributed by atoms with Crippen LogP contribution in [-0.2, 0) is 16.0 Å². The van der Waals surface area contributed by atoms with Gasteiger partial charge in [-0.1, -0.05) is 12.1 Å². The van der Waals surface area contributed by atoms with E-state index in [-0.39, 0.29) is 24.4 Å². The lowest BCUT2D eigenvalue weighted by Crippen LogP contribution is -2.43. The topological polar surface area (TPSA) is 58.6 Å². The van der Waals surface area contributed by atoms with Crippen molar-refractivity contribution in [2.24, 2.45) is 0 Å². The molecule has 21 heavy (non-hydrogen) atoms. The summed E-state index contributed by atoms with van der Waals surface area (Å²) in [5, 5.41) is 2.84. The smallest absolute Gasteiger partial charge is 0.239 e. The Kier molecular flexibility index (Phi) is 6.72. The number of amides is 2. The molecule has 5 nitrogen and oxygen atoms in total. The van der Waals surface area contributed by atoms with Crippen molar-refractivity contribution in [3.05, 3.63) is 29.8 Å². The van der Waals surface area contributed by atoms with Gasteiger partial charge in [0, 0.05) is 19.5 Å². The van der Waals surface area contributed by atoms with E-state index in [4.69, 9.17) is 4.74 Å². The Balaban J connectivity index is 2.41. The molecule has 0 atom stereocenters. The minimum Gasteiger partial charge on any atom is -0.497 e. The molecule has 0 aliphatic heterocycles. The van der Waals surface area contributed by atoms with Crippen LogP contribution >= 0.6 is 0 Å². The Morgan fingerprint density at radius 3 is 2.62 bits per heavy atom. The van der Waals surface area contributed by atoms with Gasteiger partial charge in [-0.3, -0.25) is 9.59 Å². The number of hydrogen-bond acceptors (Lipinski definition) is 3. The van der Waals surface area contributed by atoms with Crippen molar-refractivity contribution in [2.75, 3.05) is 20.2 Å². The third-order valence-corrected chi connectivity index (χ3v) is 3.21. The molecule has 0 saturated carbocycles. The summed E-state index contributed by atoms with van der Waals surface area (Å²) in [4.78, 5) is 24.8. The van der Waals surface area contributed by atoms with Crippen molar-refractivity contribution in [1.29, 1.82) is 0 Å². The average Bonchev–Trinajstić information content (AvgIpc) is 2.44. The van der Waals surface area contributed by atoms with Crippen molar-refractivity contribution in [1.82, 2.24) is 10.2 Å². The SMILES string of the molecule is COc1cccc(CCNC(=O)CN(C(C)=O)C(C)C)c1. The molecule has 0 unspecified atom stereocenters. The summed E-state index contributed by atoms with van der Waals surface area (Å²) in [5.74, 6) is 0.580. The largest absolute Gasteiger partial charge is 0.497 e. The lowest BCUT2D eigenvalue weighted by molar-refractivity contribution is -0.135. The van der Waals surface area contributed by atoms with Crippen LogP contribution in [0.25, 0.3) is 0 Å². The quantitative estimate of drug-likeness (QED) is 0.830. The summed E-state index contributed by atoms with van der Waals surface area (Å²) in [5.41, 5.74) is 1.10. The van der Waals surface area contributed by atoms with E-state index in [1.54, 1.807) is 12.0 Å². The second-order valence-electron chi connectivity index (χ2n) is 5.19. The van der Waals surface area contributed by atoms with Crippen LogP contribution < -0.4 is 10.1 Å². The second-order valence-corrected chi connectivity index (χ2v) is 5.19. The molecule has 0 aromatic heterocycles. The van der Waals surface area contributed by atoms with Gasteiger partial charge in [0.1, 0.15) is 5.75 Å². The van der Waals surface area contributed by atoms with E-state index in [1.165, 1.54) is 6.92 Å². The molecule has 0 aliphatic rings. The fourth-order valence-electron chi connectivity index (χ4n) is 2.04. The molecular weight excluding hydrogens is 268 g/mol. The molecule has 1 rings (SSSR count). The summed E-state index contributed by atoms with van der Waals surface area (Å²) in [6.07, 6.45) is 0.727. The summed E-state index contributed by atoms with van der Waals surface area (Å²) >= 11 is 0. The van der Waals surface area contributed by atoms with E-state index in [2.05, 4.69) is 5.32 Å². The van der Waals surface area contributed by atoms with Crippen LogP contribution in [-0.4, -0.2) is 43.0 Å². The van der Waals surface area contributed by atoms with E-state index < -0.39 is 0 Å². The Morgan fingerprint density at radius 2 is 2.05 bits per heavy atom. The lowest BCUT2D eigenvalue weighted by Gasteiger charge is -2.24. The molecule has 0 heterocycles. The molecule has 0 bridgehead atoms. The number of benzene rings is 1. The van der Waals surface area contributed by atoms with Crippen molar-refractivity contribution < 1.29 is 14.3 Å². The first-order valence-electron chi connectivity index (χ1n) is 7.11. The van der Waals surface area contributed by atoms with Gasteiger partial charge in [-0.15, -0.1) is 0 Å². The second kappa shape index (κ2) is 8.29. The van der Waals surface area contributed by atoms with Gasteiger partial charge in [-0.25, -0.2) is 0 Å². The number of ether oxygens (including phenoxy) is 1. The number of methoxy groups -OCH3 is 1. The number of nitrogens with one attached hydrogen (secondary N) is 1. The predicted octanol–water partition coefficient (Wildman–Crippen LogP) is 1.61. The van der Waals surface area contributed by atoms with Gasteiger partial charge in [0.15, 0.2) is 0 Å². The fraction of sp³-hybridized carbons (Fsp3) is 0.500. The Bertz CT molecular complexity index is 486. The number of nitrogens with zero attached hydrogens (tertiary/aromatic N) is 1. The van der Waals surface area contributed by atoms with Crippen molar-refractivity contribution in [2.45, 2.75) is 33.2 Å². The normalized spacial score (nSPS) is 10.3. The predicted molar refractivity (Wildman–Crippen MR) is 82.2 cm³/mol. The first kappa shape index (κ1) is 17.0. The van der Waals surface area contributed by atoms with E-state index in [9.17, 15) is 9.59 Å². The Hall–Kier alpha value is -2.04. The molecule has 0 spiro atoms. The van der Waals surface area contributed by atoms with E-state index >= 15 is 0 Å². The monoisotopic (exact) mass is 292 g/mol. The van der Waals surface area contributed by atoms with E-state index in [0.717, 1.165) is 17.7 Å². The molecule has 0 radical (unpaired) electrons. The number of carbonyl (C=O) groups excluding carboxylic acids is 2. The molecule has 0 saturated heterocycles. The first-order chi connectivity index (χ1) is 9.93. The van der Waals surface area contributed by atoms with Crippen LogP contribution in [0.3, 0.4) is 0 Å². The maximum absolute atomic E-state index is 11.8. The molecular formula is C16H24N2O3. The Labute approximate surface area is 126 Å². The Morgan fingerprint density at radius 1 is 1.33 bits per heavy atom. The zero-order valence-corrected chi connectivity index (χ0v) is 13.2. The number of hydrogen-bond donors (Lipinski definition) is 1. The lowest BCUT2D eigenvalue weighted by atomic mass is 10.1. The summed E-state index contributed by atoms with van der Waals surface area (Å²) in [7, 11) is 1.63. The molecule has 1 N–H and O–H groups in total. The molecule has 0 aliphatic carbocycles. The number of carbonyl (C=O) groups is 2. The molecule has 0 fully saturated rings. The standard InChI is InChI=1S/C16H24N2O3/c1-12(2)18(13(3)19)11-16(20)17-9-8-14-6-5-7-15(10-14)21-4/h5-7,10,12H,8-9,11H2,1-4H3,(H,17,20). The van der Waals surface area contributed by atoms with Crippen LogP contribution in [0.2, 0.25) is 0 Å². The van der Waals surface area contributed by atoms with Crippen molar-refractivity contribution in [3.63, 3.8) is 0 Å². The highest BCUT2D eigenvalue weighted by molar-refractivity contribution is 5.83. The molecule has 2 amide bonds. The average molecular weight is 292 g/mol. The van der Waals surface area contributed by atoms with Crippen molar-refractivity contribution in [3.8, 4) is 5.75 Å². The summed E-state index contributed by atoms with van der Waals surface area (Å²) in [6.45, 7) is 5.90. The first-order valence-corrected chi connectivity index (χ1v) is 7.11. The highest BCUT2D eigenvalue weighted by atomic mass is 16.5. The van der Waals surface area contributed by atoms with Gasteiger partial charge in [-0.05, 0) is 38.0 Å². The summed E-state index contributed by atoms with van der Waals surface area (Å²) in [6, 6.07) is 7.76. The van der Waals surface area contributed by atoms with Gasteiger partial charge in [-0.2, -0.15) is 0 Å². The van der Waals surface area contributed by atoms with Gasteiger partial charge >= 0.3 is 0 Å². The third kappa shape index (κ3) is 5.85. The van der Waals surface area contributed by atoms with Gasteiger partial charge in [0.05, 0.1) is 13.7 Å². The fourth-order valence-corrected chi connectivity index (χ4v) is 2.04. The number of rotatable bonds is 7. The van der Waals surface area contributed by atoms with Crippen molar-refractivity contribution >= 4 is 11.8 Å². The van der Waals surface area contributed by atoms with E-state index in [1.807, 2.05) is 38.1 Å². The zero-order valence-electron chi connectivity index (χ0n) is 13.2. The zero-order chi connectivity index (χ0) is 15.8. The maximum atomic E-state index is 11.8. The van der Waals surface area contributed by atoms with Crippen LogP contribution in [0.1, 0.15) is 26.3 Å². The van der Waals surface area contributed by atoms with Gasteiger partial charge < -0.3 is 15.0 Å². The van der Waals surface area contributed by atoms with Gasteiger partial charge in [0.2, 0.25) is 11.8 Å². The third-order valence-electron chi connectivity index (χ3n) is 3.21. The maximum Gasteiger partial charge on any atom is 0.239 e. The molecule has 5 heteroatoms. The molecule has 116 valence electrons. The van der Waals surface area contributed by atoms with Gasteiger partial charge in [0.25, 0.3) is 0 Å². The van der Waals surface area contributed by atoms with E-state index in [0.29, 0.717) is 6.54 Å². The minimum absolute atomic E-state index is 0.0200.